The lowest BCUT2D eigenvalue weighted by Gasteiger charge is -2.19. The zero-order valence-corrected chi connectivity index (χ0v) is 11.4. The molecular formula is C9H17FN2O5S. The lowest BCUT2D eigenvalue weighted by molar-refractivity contribution is 0.0394. The van der Waals surface area contributed by atoms with E-state index >= 15 is 0 Å². The number of rotatable bonds is 8. The van der Waals surface area contributed by atoms with E-state index in [4.69, 9.17) is 14.2 Å². The summed E-state index contributed by atoms with van der Waals surface area (Å²) in [5, 5.41) is 0. The summed E-state index contributed by atoms with van der Waals surface area (Å²) >= 11 is 0.594. The van der Waals surface area contributed by atoms with Gasteiger partial charge in [-0.1, -0.05) is 0 Å². The number of nitrogens with zero attached hydrogens (tertiary/aromatic N) is 2. The highest BCUT2D eigenvalue weighted by Crippen LogP contribution is 2.13. The Balaban J connectivity index is 3.65. The van der Waals surface area contributed by atoms with Crippen molar-refractivity contribution in [3.63, 3.8) is 0 Å². The minimum atomic E-state index is -1.65. The van der Waals surface area contributed by atoms with Crippen LogP contribution < -0.4 is 0 Å². The molecule has 0 aromatic rings. The largest absolute Gasteiger partial charge is 0.446 e. The standard InChI is InChI=1S/C9H17FN2O5S/c1-11(8(10)13)18-12(2)9(14)17-7-6-16-5-4-15-3/h4-7H2,1-3H3. The molecule has 0 radical (unpaired) electrons. The number of amides is 2. The fraction of sp³-hybridized carbons (Fsp3) is 0.778. The molecule has 0 N–H and O–H groups in total. The van der Waals surface area contributed by atoms with Gasteiger partial charge in [0.2, 0.25) is 0 Å². The maximum Gasteiger partial charge on any atom is 0.421 e. The number of carbonyl (C=O) groups excluding carboxylic acids is 2. The molecule has 0 saturated heterocycles. The van der Waals surface area contributed by atoms with Gasteiger partial charge in [0.05, 0.1) is 32.0 Å². The Hall–Kier alpha value is -1.06. The van der Waals surface area contributed by atoms with Crippen LogP contribution in [0.15, 0.2) is 0 Å². The van der Waals surface area contributed by atoms with E-state index in [1.807, 2.05) is 0 Å². The van der Waals surface area contributed by atoms with Crippen LogP contribution in [0, 0.1) is 0 Å². The van der Waals surface area contributed by atoms with E-state index < -0.39 is 12.3 Å². The Morgan fingerprint density at radius 3 is 2.28 bits per heavy atom. The summed E-state index contributed by atoms with van der Waals surface area (Å²) in [6, 6.07) is 0. The normalized spacial score (nSPS) is 10.0. The summed E-state index contributed by atoms with van der Waals surface area (Å²) < 4.78 is 28.5. The molecule has 0 aliphatic heterocycles. The van der Waals surface area contributed by atoms with Crippen molar-refractivity contribution in [2.75, 3.05) is 47.6 Å². The van der Waals surface area contributed by atoms with Gasteiger partial charge >= 0.3 is 12.3 Å². The van der Waals surface area contributed by atoms with Crippen LogP contribution in [0.25, 0.3) is 0 Å². The molecule has 0 spiro atoms. The first-order valence-corrected chi connectivity index (χ1v) is 5.80. The van der Waals surface area contributed by atoms with Crippen LogP contribution >= 0.6 is 12.1 Å². The molecule has 0 bridgehead atoms. The molecule has 7 nitrogen and oxygen atoms in total. The highest BCUT2D eigenvalue weighted by atomic mass is 32.2. The van der Waals surface area contributed by atoms with Crippen LogP contribution in [0.1, 0.15) is 0 Å². The van der Waals surface area contributed by atoms with Crippen LogP contribution in [-0.2, 0) is 14.2 Å². The highest BCUT2D eigenvalue weighted by molar-refractivity contribution is 7.95. The van der Waals surface area contributed by atoms with E-state index in [9.17, 15) is 14.0 Å². The van der Waals surface area contributed by atoms with Crippen molar-refractivity contribution >= 4 is 24.4 Å². The number of ether oxygens (including phenoxy) is 3. The molecular weight excluding hydrogens is 267 g/mol. The second-order valence-corrected chi connectivity index (χ2v) is 4.31. The summed E-state index contributed by atoms with van der Waals surface area (Å²) in [6.07, 6.45) is -2.34. The summed E-state index contributed by atoms with van der Waals surface area (Å²) in [7, 11) is 4.11. The minimum absolute atomic E-state index is 0.0702. The third-order valence-electron chi connectivity index (χ3n) is 1.63. The first-order valence-electron chi connectivity index (χ1n) is 5.07. The van der Waals surface area contributed by atoms with Gasteiger partial charge in [0.25, 0.3) is 0 Å². The summed E-state index contributed by atoms with van der Waals surface area (Å²) in [4.78, 5) is 21.6. The van der Waals surface area contributed by atoms with E-state index in [1.54, 1.807) is 7.11 Å². The molecule has 0 rings (SSSR count). The summed E-state index contributed by atoms with van der Waals surface area (Å²) in [5.74, 6) is 0. The van der Waals surface area contributed by atoms with E-state index in [-0.39, 0.29) is 13.2 Å². The van der Waals surface area contributed by atoms with Gasteiger partial charge in [-0.05, 0) is 0 Å². The summed E-state index contributed by atoms with van der Waals surface area (Å²) in [5.41, 5.74) is 0. The van der Waals surface area contributed by atoms with Gasteiger partial charge in [0.15, 0.2) is 0 Å². The van der Waals surface area contributed by atoms with Gasteiger partial charge in [-0.15, -0.1) is 4.39 Å². The zero-order chi connectivity index (χ0) is 14.0. The van der Waals surface area contributed by atoms with Gasteiger partial charge < -0.3 is 14.2 Å². The fourth-order valence-corrected chi connectivity index (χ4v) is 1.32. The van der Waals surface area contributed by atoms with Gasteiger partial charge in [0, 0.05) is 21.2 Å². The molecule has 0 unspecified atom stereocenters. The molecule has 0 fully saturated rings. The smallest absolute Gasteiger partial charge is 0.421 e. The number of carbonyl (C=O) groups is 2. The lowest BCUT2D eigenvalue weighted by Crippen LogP contribution is -2.28. The van der Waals surface area contributed by atoms with E-state index in [0.717, 1.165) is 4.31 Å². The highest BCUT2D eigenvalue weighted by Gasteiger charge is 2.16. The molecule has 0 aromatic carbocycles. The number of halogens is 1. The van der Waals surface area contributed by atoms with Crippen molar-refractivity contribution in [1.29, 1.82) is 0 Å². The molecule has 0 saturated carbocycles. The maximum absolute atomic E-state index is 12.2. The molecule has 0 heterocycles. The average molecular weight is 284 g/mol. The van der Waals surface area contributed by atoms with E-state index in [1.165, 1.54) is 14.1 Å². The van der Waals surface area contributed by atoms with Crippen molar-refractivity contribution in [2.45, 2.75) is 0 Å². The lowest BCUT2D eigenvalue weighted by atomic mass is 10.7. The minimum Gasteiger partial charge on any atom is -0.446 e. The van der Waals surface area contributed by atoms with Gasteiger partial charge in [-0.2, -0.15) is 0 Å². The van der Waals surface area contributed by atoms with Gasteiger partial charge in [-0.25, -0.2) is 18.2 Å². The Bertz CT molecular complexity index is 269. The molecule has 0 atom stereocenters. The fourth-order valence-electron chi connectivity index (χ4n) is 0.772. The first kappa shape index (κ1) is 16.9. The topological polar surface area (TPSA) is 68.3 Å². The van der Waals surface area contributed by atoms with Crippen LogP contribution in [0.3, 0.4) is 0 Å². The molecule has 106 valence electrons. The number of hydrogen-bond acceptors (Lipinski definition) is 6. The summed E-state index contributed by atoms with van der Waals surface area (Å²) in [6.45, 7) is 1.19. The van der Waals surface area contributed by atoms with Crippen molar-refractivity contribution < 1.29 is 28.2 Å². The van der Waals surface area contributed by atoms with Crippen molar-refractivity contribution in [1.82, 2.24) is 8.61 Å². The third-order valence-corrected chi connectivity index (χ3v) is 2.42. The van der Waals surface area contributed by atoms with Crippen molar-refractivity contribution in [3.05, 3.63) is 0 Å². The second kappa shape index (κ2) is 9.92. The average Bonchev–Trinajstić information content (AvgIpc) is 2.32. The molecule has 0 aliphatic carbocycles. The molecule has 0 aromatic heterocycles. The second-order valence-electron chi connectivity index (χ2n) is 3.05. The molecule has 9 heteroatoms. The van der Waals surface area contributed by atoms with Crippen LogP contribution in [-0.4, -0.2) is 68.5 Å². The Labute approximate surface area is 109 Å². The zero-order valence-electron chi connectivity index (χ0n) is 10.6. The predicted molar refractivity (Wildman–Crippen MR) is 63.7 cm³/mol. The molecule has 18 heavy (non-hydrogen) atoms. The Morgan fingerprint density at radius 1 is 1.11 bits per heavy atom. The third kappa shape index (κ3) is 8.09. The van der Waals surface area contributed by atoms with Crippen LogP contribution in [0.5, 0.6) is 0 Å². The monoisotopic (exact) mass is 284 g/mol. The van der Waals surface area contributed by atoms with E-state index in [0.29, 0.717) is 29.7 Å². The Kier molecular flexibility index (Phi) is 9.33. The van der Waals surface area contributed by atoms with Crippen molar-refractivity contribution in [3.8, 4) is 0 Å². The predicted octanol–water partition coefficient (Wildman–Crippen LogP) is 1.30. The van der Waals surface area contributed by atoms with Gasteiger partial charge in [0.1, 0.15) is 6.61 Å². The Morgan fingerprint density at radius 2 is 1.72 bits per heavy atom. The van der Waals surface area contributed by atoms with Crippen LogP contribution in [0.4, 0.5) is 14.0 Å². The quantitative estimate of drug-likeness (QED) is 0.290. The number of methoxy groups -OCH3 is 1. The maximum atomic E-state index is 12.2. The number of hydrogen-bond donors (Lipinski definition) is 0. The van der Waals surface area contributed by atoms with Crippen LogP contribution in [0.2, 0.25) is 0 Å². The van der Waals surface area contributed by atoms with Crippen molar-refractivity contribution in [2.24, 2.45) is 0 Å². The SMILES string of the molecule is COCCOCCOC(=O)N(C)SN(C)C(=O)F. The van der Waals surface area contributed by atoms with Gasteiger partial charge in [-0.3, -0.25) is 0 Å². The first-order chi connectivity index (χ1) is 8.49. The molecule has 2 amide bonds. The van der Waals surface area contributed by atoms with E-state index in [2.05, 4.69) is 0 Å². The molecule has 0 aliphatic rings.